The normalized spacial score (nSPS) is 14.8. The molecule has 1 amide bonds. The number of amides is 1. The standard InChI is InChI=1S/C47H89N2O6P/c1-6-8-10-12-14-16-18-20-22-23-24-25-27-28-30-32-34-36-38-40-46(50)45(44-55-56(52,53)54-43-42-49(3,4)5)48-47(51)41-39-37-35-33-31-29-26-21-19-17-15-13-11-9-7-2/h17,19,24-25,30,32,38,40,45-46,50H,6-16,18,20-23,26-29,31,33-37,39,41-44H2,1-5H3,(H-,48,51,52,53)/p+1/b19-17-,25-24+,32-30+,40-38+. The van der Waals surface area contributed by atoms with Crippen molar-refractivity contribution >= 4 is 13.7 Å². The van der Waals surface area contributed by atoms with E-state index in [4.69, 9.17) is 9.05 Å². The number of allylic oxidation sites excluding steroid dienone is 7. The van der Waals surface area contributed by atoms with Crippen LogP contribution in [0.25, 0.3) is 0 Å². The second-order valence-electron chi connectivity index (χ2n) is 16.8. The predicted molar refractivity (Wildman–Crippen MR) is 240 cm³/mol. The Morgan fingerprint density at radius 3 is 1.45 bits per heavy atom. The highest BCUT2D eigenvalue weighted by molar-refractivity contribution is 7.47. The summed E-state index contributed by atoms with van der Waals surface area (Å²) in [6.07, 6.45) is 49.0. The number of carbonyl (C=O) groups is 1. The number of likely N-dealkylation sites (N-methyl/N-ethyl adjacent to an activating group) is 1. The first-order chi connectivity index (χ1) is 27.0. The van der Waals surface area contributed by atoms with Gasteiger partial charge in [-0.3, -0.25) is 13.8 Å². The van der Waals surface area contributed by atoms with Crippen LogP contribution in [0.15, 0.2) is 48.6 Å². The molecule has 0 radical (unpaired) electrons. The maximum atomic E-state index is 12.9. The van der Waals surface area contributed by atoms with Gasteiger partial charge in [-0.05, 0) is 70.6 Å². The highest BCUT2D eigenvalue weighted by Gasteiger charge is 2.27. The fourth-order valence-electron chi connectivity index (χ4n) is 6.30. The molecule has 3 atom stereocenters. The molecule has 0 fully saturated rings. The van der Waals surface area contributed by atoms with Crippen molar-refractivity contribution < 1.29 is 32.9 Å². The molecule has 328 valence electrons. The maximum Gasteiger partial charge on any atom is 0.472 e. The van der Waals surface area contributed by atoms with Crippen molar-refractivity contribution in [3.05, 3.63) is 48.6 Å². The summed E-state index contributed by atoms with van der Waals surface area (Å²) in [5.41, 5.74) is 0. The van der Waals surface area contributed by atoms with Gasteiger partial charge in [0.15, 0.2) is 0 Å². The Labute approximate surface area is 346 Å². The van der Waals surface area contributed by atoms with E-state index in [1.54, 1.807) is 6.08 Å². The lowest BCUT2D eigenvalue weighted by Gasteiger charge is -2.25. The Bertz CT molecular complexity index is 1050. The van der Waals surface area contributed by atoms with Crippen LogP contribution < -0.4 is 5.32 Å². The first-order valence-electron chi connectivity index (χ1n) is 23.0. The fourth-order valence-corrected chi connectivity index (χ4v) is 7.04. The molecule has 0 aliphatic carbocycles. The van der Waals surface area contributed by atoms with Gasteiger partial charge < -0.3 is 19.8 Å². The molecule has 0 rings (SSSR count). The van der Waals surface area contributed by atoms with Crippen LogP contribution in [0.1, 0.15) is 194 Å². The van der Waals surface area contributed by atoms with E-state index < -0.39 is 20.0 Å². The smallest absolute Gasteiger partial charge is 0.387 e. The van der Waals surface area contributed by atoms with Gasteiger partial charge in [-0.25, -0.2) is 4.57 Å². The van der Waals surface area contributed by atoms with Crippen molar-refractivity contribution in [2.45, 2.75) is 206 Å². The highest BCUT2D eigenvalue weighted by atomic mass is 31.2. The summed E-state index contributed by atoms with van der Waals surface area (Å²) in [6, 6.07) is -0.871. The van der Waals surface area contributed by atoms with Crippen LogP contribution in [0, 0.1) is 0 Å². The molecule has 9 heteroatoms. The predicted octanol–water partition coefficient (Wildman–Crippen LogP) is 12.9. The van der Waals surface area contributed by atoms with E-state index in [2.05, 4.69) is 55.6 Å². The van der Waals surface area contributed by atoms with Crippen LogP contribution in [-0.2, 0) is 18.4 Å². The van der Waals surface area contributed by atoms with Gasteiger partial charge in [-0.2, -0.15) is 0 Å². The Hall–Kier alpha value is -1.54. The lowest BCUT2D eigenvalue weighted by Crippen LogP contribution is -2.45. The van der Waals surface area contributed by atoms with Gasteiger partial charge in [-0.1, -0.05) is 165 Å². The van der Waals surface area contributed by atoms with Gasteiger partial charge in [0.25, 0.3) is 0 Å². The lowest BCUT2D eigenvalue weighted by molar-refractivity contribution is -0.870. The summed E-state index contributed by atoms with van der Waals surface area (Å²) in [5, 5.41) is 13.8. The number of nitrogens with zero attached hydrogens (tertiary/aromatic N) is 1. The number of nitrogens with one attached hydrogen (secondary N) is 1. The molecule has 3 unspecified atom stereocenters. The number of hydrogen-bond acceptors (Lipinski definition) is 5. The molecule has 0 bridgehead atoms. The van der Waals surface area contributed by atoms with E-state index in [9.17, 15) is 19.4 Å². The number of carbonyl (C=O) groups excluding carboxylic acids is 1. The molecule has 0 aliphatic rings. The number of phosphoric acid groups is 1. The first kappa shape index (κ1) is 54.5. The topological polar surface area (TPSA) is 105 Å². The van der Waals surface area contributed by atoms with E-state index in [1.807, 2.05) is 27.2 Å². The Morgan fingerprint density at radius 2 is 0.982 bits per heavy atom. The fraction of sp³-hybridized carbons (Fsp3) is 0.809. The SMILES string of the molecule is CCCCCC/C=C\CCCCCCCCCC(=O)NC(COP(=O)(O)OCC[N+](C)(C)C)C(O)/C=C/CC/C=C/CC/C=C/CCCCCCCCCCC. The van der Waals surface area contributed by atoms with Crippen LogP contribution in [-0.4, -0.2) is 73.4 Å². The van der Waals surface area contributed by atoms with Crippen molar-refractivity contribution in [2.24, 2.45) is 0 Å². The summed E-state index contributed by atoms with van der Waals surface area (Å²) < 4.78 is 23.5. The third-order valence-electron chi connectivity index (χ3n) is 10.00. The summed E-state index contributed by atoms with van der Waals surface area (Å²) in [7, 11) is 1.54. The van der Waals surface area contributed by atoms with Crippen molar-refractivity contribution in [2.75, 3.05) is 40.9 Å². The molecule has 0 spiro atoms. The van der Waals surface area contributed by atoms with Crippen LogP contribution in [0.2, 0.25) is 0 Å². The van der Waals surface area contributed by atoms with Crippen molar-refractivity contribution in [3.8, 4) is 0 Å². The minimum Gasteiger partial charge on any atom is -0.387 e. The third-order valence-corrected chi connectivity index (χ3v) is 11.0. The molecule has 0 aromatic heterocycles. The second-order valence-corrected chi connectivity index (χ2v) is 18.2. The van der Waals surface area contributed by atoms with Gasteiger partial charge in [0.05, 0.1) is 39.9 Å². The van der Waals surface area contributed by atoms with Crippen LogP contribution in [0.3, 0.4) is 0 Å². The molecular weight excluding hydrogens is 719 g/mol. The number of hydrogen-bond donors (Lipinski definition) is 3. The molecule has 0 heterocycles. The number of aliphatic hydroxyl groups excluding tert-OH is 1. The van der Waals surface area contributed by atoms with E-state index in [1.165, 1.54) is 128 Å². The lowest BCUT2D eigenvalue weighted by atomic mass is 10.1. The number of rotatable bonds is 41. The zero-order valence-electron chi connectivity index (χ0n) is 37.1. The molecule has 0 aliphatic heterocycles. The molecule has 0 saturated heterocycles. The van der Waals surface area contributed by atoms with Crippen LogP contribution in [0.4, 0.5) is 0 Å². The minimum atomic E-state index is -4.35. The van der Waals surface area contributed by atoms with Gasteiger partial charge in [0.2, 0.25) is 5.91 Å². The van der Waals surface area contributed by atoms with Crippen molar-refractivity contribution in [3.63, 3.8) is 0 Å². The van der Waals surface area contributed by atoms with Crippen molar-refractivity contribution in [1.29, 1.82) is 0 Å². The average Bonchev–Trinajstić information content (AvgIpc) is 3.15. The molecule has 0 aromatic rings. The second kappa shape index (κ2) is 38.9. The monoisotopic (exact) mass is 810 g/mol. The molecule has 56 heavy (non-hydrogen) atoms. The summed E-state index contributed by atoms with van der Waals surface area (Å²) >= 11 is 0. The number of aliphatic hydroxyl groups is 1. The number of quaternary nitrogens is 1. The van der Waals surface area contributed by atoms with Gasteiger partial charge in [0, 0.05) is 6.42 Å². The Kier molecular flexibility index (Phi) is 37.9. The van der Waals surface area contributed by atoms with Crippen LogP contribution >= 0.6 is 7.82 Å². The maximum absolute atomic E-state index is 12.9. The molecule has 0 aromatic carbocycles. The summed E-state index contributed by atoms with van der Waals surface area (Å²) in [4.78, 5) is 23.1. The van der Waals surface area contributed by atoms with Gasteiger partial charge in [-0.15, -0.1) is 0 Å². The Balaban J connectivity index is 4.50. The molecule has 0 saturated carbocycles. The quantitative estimate of drug-likeness (QED) is 0.0246. The van der Waals surface area contributed by atoms with Crippen LogP contribution in [0.5, 0.6) is 0 Å². The minimum absolute atomic E-state index is 0.0518. The Morgan fingerprint density at radius 1 is 0.589 bits per heavy atom. The highest BCUT2D eigenvalue weighted by Crippen LogP contribution is 2.43. The molecule has 8 nitrogen and oxygen atoms in total. The van der Waals surface area contributed by atoms with E-state index >= 15 is 0 Å². The van der Waals surface area contributed by atoms with Gasteiger partial charge in [0.1, 0.15) is 13.2 Å². The summed E-state index contributed by atoms with van der Waals surface area (Å²) in [6.45, 7) is 4.76. The largest absolute Gasteiger partial charge is 0.472 e. The summed E-state index contributed by atoms with van der Waals surface area (Å²) in [5.74, 6) is -0.198. The van der Waals surface area contributed by atoms with Crippen molar-refractivity contribution in [1.82, 2.24) is 5.32 Å². The number of unbranched alkanes of at least 4 members (excludes halogenated alkanes) is 22. The molecular formula is C47H90N2O6P+. The third kappa shape index (κ3) is 40.6. The zero-order valence-corrected chi connectivity index (χ0v) is 38.0. The van der Waals surface area contributed by atoms with E-state index in [-0.39, 0.29) is 19.1 Å². The van der Waals surface area contributed by atoms with E-state index in [0.29, 0.717) is 17.4 Å². The first-order valence-corrected chi connectivity index (χ1v) is 24.5. The number of phosphoric ester groups is 1. The molecule has 3 N–H and O–H groups in total. The van der Waals surface area contributed by atoms with E-state index in [0.717, 1.165) is 44.9 Å². The average molecular weight is 810 g/mol. The zero-order chi connectivity index (χ0) is 41.4. The van der Waals surface area contributed by atoms with Gasteiger partial charge >= 0.3 is 7.82 Å².